The van der Waals surface area contributed by atoms with Gasteiger partial charge in [0.15, 0.2) is 0 Å². The zero-order valence-electron chi connectivity index (χ0n) is 13.1. The molecule has 0 spiro atoms. The number of carbonyl (C=O) groups excluding carboxylic acids is 1. The number of carboxylic acid groups (broad SMARTS) is 1. The van der Waals surface area contributed by atoms with E-state index in [4.69, 9.17) is 0 Å². The number of nitrogens with zero attached hydrogens (tertiary/aromatic N) is 4. The standard InChI is InChI=1S/C16H22N4O3/c21-15(9-19-8-12(17-18-19)10-5-6-10)20-13-4-2-1-3-11(13)7-14(20)16(22)23/h8,10-11,13-14H,1-7,9H2,(H,22,23)/t11-,13+,14+/m1/s1. The van der Waals surface area contributed by atoms with E-state index in [0.717, 1.165) is 44.2 Å². The molecule has 0 unspecified atom stereocenters. The lowest BCUT2D eigenvalue weighted by molar-refractivity contribution is -0.150. The highest BCUT2D eigenvalue weighted by molar-refractivity contribution is 5.84. The summed E-state index contributed by atoms with van der Waals surface area (Å²) in [5.74, 6) is -0.184. The normalized spacial score (nSPS) is 30.3. The molecule has 3 atom stereocenters. The third-order valence-electron chi connectivity index (χ3n) is 5.51. The van der Waals surface area contributed by atoms with E-state index in [9.17, 15) is 14.7 Å². The number of likely N-dealkylation sites (tertiary alicyclic amines) is 1. The second-order valence-corrected chi connectivity index (χ2v) is 7.12. The van der Waals surface area contributed by atoms with E-state index in [1.807, 2.05) is 6.20 Å². The van der Waals surface area contributed by atoms with Crippen molar-refractivity contribution in [2.24, 2.45) is 5.92 Å². The van der Waals surface area contributed by atoms with Gasteiger partial charge in [0.05, 0.1) is 5.69 Å². The van der Waals surface area contributed by atoms with Gasteiger partial charge in [0.2, 0.25) is 5.91 Å². The number of rotatable bonds is 4. The minimum atomic E-state index is -0.884. The van der Waals surface area contributed by atoms with E-state index < -0.39 is 12.0 Å². The first-order valence-electron chi connectivity index (χ1n) is 8.57. The fourth-order valence-corrected chi connectivity index (χ4v) is 4.22. The Morgan fingerprint density at radius 1 is 1.22 bits per heavy atom. The van der Waals surface area contributed by atoms with Crippen LogP contribution in [-0.2, 0) is 16.1 Å². The smallest absolute Gasteiger partial charge is 0.326 e. The Hall–Kier alpha value is -1.92. The number of aliphatic carboxylic acids is 1. The van der Waals surface area contributed by atoms with Gasteiger partial charge in [-0.2, -0.15) is 0 Å². The Morgan fingerprint density at radius 3 is 2.74 bits per heavy atom. The Labute approximate surface area is 134 Å². The molecule has 3 fully saturated rings. The lowest BCUT2D eigenvalue weighted by Crippen LogP contribution is -2.47. The summed E-state index contributed by atoms with van der Waals surface area (Å²) >= 11 is 0. The van der Waals surface area contributed by atoms with Crippen molar-refractivity contribution in [3.05, 3.63) is 11.9 Å². The van der Waals surface area contributed by atoms with E-state index in [-0.39, 0.29) is 18.5 Å². The van der Waals surface area contributed by atoms with Gasteiger partial charge in [-0.25, -0.2) is 9.48 Å². The van der Waals surface area contributed by atoms with Crippen molar-refractivity contribution in [2.75, 3.05) is 0 Å². The maximum absolute atomic E-state index is 12.8. The summed E-state index contributed by atoms with van der Waals surface area (Å²) in [5, 5.41) is 17.7. The molecule has 0 aromatic carbocycles. The highest BCUT2D eigenvalue weighted by atomic mass is 16.4. The third-order valence-corrected chi connectivity index (χ3v) is 5.51. The van der Waals surface area contributed by atoms with Gasteiger partial charge in [0.25, 0.3) is 0 Å². The fourth-order valence-electron chi connectivity index (χ4n) is 4.22. The van der Waals surface area contributed by atoms with Crippen LogP contribution in [0.5, 0.6) is 0 Å². The minimum Gasteiger partial charge on any atom is -0.480 e. The minimum absolute atomic E-state index is 0.0868. The summed E-state index contributed by atoms with van der Waals surface area (Å²) in [5.41, 5.74) is 0.949. The molecule has 1 aliphatic heterocycles. The van der Waals surface area contributed by atoms with Crippen LogP contribution < -0.4 is 0 Å². The molecule has 2 heterocycles. The van der Waals surface area contributed by atoms with Crippen molar-refractivity contribution >= 4 is 11.9 Å². The van der Waals surface area contributed by atoms with Crippen LogP contribution in [0.3, 0.4) is 0 Å². The van der Waals surface area contributed by atoms with Crippen molar-refractivity contribution in [1.29, 1.82) is 0 Å². The zero-order chi connectivity index (χ0) is 16.0. The number of hydrogen-bond donors (Lipinski definition) is 1. The van der Waals surface area contributed by atoms with Crippen LogP contribution in [0.15, 0.2) is 6.20 Å². The van der Waals surface area contributed by atoms with Gasteiger partial charge in [-0.15, -0.1) is 5.10 Å². The quantitative estimate of drug-likeness (QED) is 0.906. The largest absolute Gasteiger partial charge is 0.480 e. The molecule has 4 rings (SSSR count). The van der Waals surface area contributed by atoms with Crippen molar-refractivity contribution in [3.8, 4) is 0 Å². The average Bonchev–Trinajstić information content (AvgIpc) is 3.15. The molecular formula is C16H22N4O3. The molecule has 1 amide bonds. The van der Waals surface area contributed by atoms with E-state index >= 15 is 0 Å². The van der Waals surface area contributed by atoms with Gasteiger partial charge in [-0.3, -0.25) is 4.79 Å². The van der Waals surface area contributed by atoms with E-state index in [0.29, 0.717) is 18.3 Å². The van der Waals surface area contributed by atoms with E-state index in [2.05, 4.69) is 10.3 Å². The van der Waals surface area contributed by atoms with Crippen LogP contribution in [0.25, 0.3) is 0 Å². The molecule has 1 aromatic rings. The Morgan fingerprint density at radius 2 is 2.00 bits per heavy atom. The lowest BCUT2D eigenvalue weighted by Gasteiger charge is -2.32. The van der Waals surface area contributed by atoms with Crippen LogP contribution in [0, 0.1) is 5.92 Å². The summed E-state index contributed by atoms with van der Waals surface area (Å²) in [4.78, 5) is 26.0. The van der Waals surface area contributed by atoms with Gasteiger partial charge in [0.1, 0.15) is 12.6 Å². The summed E-state index contributed by atoms with van der Waals surface area (Å²) in [6.45, 7) is 0.0900. The highest BCUT2D eigenvalue weighted by Crippen LogP contribution is 2.40. The number of hydrogen-bond acceptors (Lipinski definition) is 4. The zero-order valence-corrected chi connectivity index (χ0v) is 13.1. The maximum Gasteiger partial charge on any atom is 0.326 e. The second kappa shape index (κ2) is 5.62. The van der Waals surface area contributed by atoms with Crippen molar-refractivity contribution in [1.82, 2.24) is 19.9 Å². The van der Waals surface area contributed by atoms with Crippen LogP contribution in [-0.4, -0.2) is 49.0 Å². The van der Waals surface area contributed by atoms with Gasteiger partial charge in [-0.1, -0.05) is 18.1 Å². The van der Waals surface area contributed by atoms with Crippen LogP contribution in [0.2, 0.25) is 0 Å². The summed E-state index contributed by atoms with van der Waals surface area (Å²) in [6, 6.07) is -0.592. The fraction of sp³-hybridized carbons (Fsp3) is 0.750. The Kier molecular flexibility index (Phi) is 3.58. The van der Waals surface area contributed by atoms with Crippen molar-refractivity contribution in [3.63, 3.8) is 0 Å². The molecule has 7 nitrogen and oxygen atoms in total. The molecule has 0 radical (unpaired) electrons. The first-order valence-corrected chi connectivity index (χ1v) is 8.57. The SMILES string of the molecule is O=C(O)[C@@H]1C[C@H]2CCCC[C@@H]2N1C(=O)Cn1cc(C2CC2)nn1. The summed E-state index contributed by atoms with van der Waals surface area (Å²) in [7, 11) is 0. The summed E-state index contributed by atoms with van der Waals surface area (Å²) < 4.78 is 1.56. The lowest BCUT2D eigenvalue weighted by atomic mass is 9.85. The Balaban J connectivity index is 1.50. The molecule has 0 bridgehead atoms. The van der Waals surface area contributed by atoms with Crippen LogP contribution in [0.4, 0.5) is 0 Å². The topological polar surface area (TPSA) is 88.3 Å². The third kappa shape index (κ3) is 2.72. The maximum atomic E-state index is 12.8. The van der Waals surface area contributed by atoms with Gasteiger partial charge in [-0.05, 0) is 38.0 Å². The van der Waals surface area contributed by atoms with E-state index in [1.165, 1.54) is 0 Å². The molecule has 2 saturated carbocycles. The summed E-state index contributed by atoms with van der Waals surface area (Å²) in [6.07, 6.45) is 8.89. The van der Waals surface area contributed by atoms with Gasteiger partial charge < -0.3 is 10.0 Å². The predicted molar refractivity (Wildman–Crippen MR) is 80.6 cm³/mol. The monoisotopic (exact) mass is 318 g/mol. The van der Waals surface area contributed by atoms with Crippen molar-refractivity contribution in [2.45, 2.75) is 69.5 Å². The number of carboxylic acids is 1. The first-order chi connectivity index (χ1) is 11.1. The number of carbonyl (C=O) groups is 2. The van der Waals surface area contributed by atoms with Gasteiger partial charge >= 0.3 is 5.97 Å². The van der Waals surface area contributed by atoms with E-state index in [1.54, 1.807) is 9.58 Å². The second-order valence-electron chi connectivity index (χ2n) is 7.12. The molecule has 7 heteroatoms. The average molecular weight is 318 g/mol. The molecule has 1 saturated heterocycles. The molecule has 1 N–H and O–H groups in total. The highest BCUT2D eigenvalue weighted by Gasteiger charge is 2.47. The predicted octanol–water partition coefficient (Wildman–Crippen LogP) is 1.40. The van der Waals surface area contributed by atoms with Crippen LogP contribution >= 0.6 is 0 Å². The molecule has 124 valence electrons. The molecule has 23 heavy (non-hydrogen) atoms. The van der Waals surface area contributed by atoms with Gasteiger partial charge in [0, 0.05) is 18.2 Å². The molecule has 1 aromatic heterocycles. The Bertz CT molecular complexity index is 625. The number of amides is 1. The first kappa shape index (κ1) is 14.7. The molecule has 3 aliphatic rings. The molecule has 2 aliphatic carbocycles. The molecular weight excluding hydrogens is 296 g/mol. The number of fused-ring (bicyclic) bond motifs is 1. The van der Waals surface area contributed by atoms with Crippen LogP contribution in [0.1, 0.15) is 56.6 Å². The van der Waals surface area contributed by atoms with Crippen molar-refractivity contribution < 1.29 is 14.7 Å². The number of aromatic nitrogens is 3.